The molecular formula is C17H14N4O2S3. The summed E-state index contributed by atoms with van der Waals surface area (Å²) in [5.41, 5.74) is 1.96. The Morgan fingerprint density at radius 3 is 2.77 bits per heavy atom. The number of hydrogen-bond donors (Lipinski definition) is 1. The van der Waals surface area contributed by atoms with Gasteiger partial charge < -0.3 is 0 Å². The lowest BCUT2D eigenvalue weighted by Crippen LogP contribution is -2.12. The van der Waals surface area contributed by atoms with Crippen LogP contribution in [0.4, 0.5) is 5.69 Å². The van der Waals surface area contributed by atoms with Gasteiger partial charge in [-0.3, -0.25) is 5.32 Å². The number of sulfone groups is 1. The summed E-state index contributed by atoms with van der Waals surface area (Å²) in [6.07, 6.45) is 3.64. The maximum atomic E-state index is 12.6. The predicted molar refractivity (Wildman–Crippen MR) is 106 cm³/mol. The summed E-state index contributed by atoms with van der Waals surface area (Å²) in [5.74, 6) is -0.0820. The van der Waals surface area contributed by atoms with Crippen LogP contribution >= 0.6 is 23.1 Å². The highest BCUT2D eigenvalue weighted by Gasteiger charge is 2.20. The normalized spacial score (nSPS) is 12.1. The first-order valence-electron chi connectivity index (χ1n) is 7.47. The molecule has 0 bridgehead atoms. The molecule has 0 amide bonds. The molecule has 0 aliphatic carbocycles. The average molecular weight is 403 g/mol. The van der Waals surface area contributed by atoms with E-state index in [0.717, 1.165) is 21.6 Å². The first-order valence-corrected chi connectivity index (χ1v) is 11.2. The molecule has 0 aliphatic rings. The Labute approximate surface area is 159 Å². The van der Waals surface area contributed by atoms with Crippen molar-refractivity contribution in [2.75, 3.05) is 6.26 Å². The summed E-state index contributed by atoms with van der Waals surface area (Å²) in [7, 11) is -3.51. The molecule has 3 aromatic rings. The number of nitriles is 1. The zero-order chi connectivity index (χ0) is 18.6. The van der Waals surface area contributed by atoms with E-state index in [1.54, 1.807) is 30.3 Å². The van der Waals surface area contributed by atoms with Crippen LogP contribution in [-0.4, -0.2) is 24.8 Å². The van der Waals surface area contributed by atoms with Gasteiger partial charge in [0.1, 0.15) is 0 Å². The van der Waals surface area contributed by atoms with Crippen LogP contribution in [0, 0.1) is 11.5 Å². The molecule has 0 fully saturated rings. The van der Waals surface area contributed by atoms with Gasteiger partial charge in [0.25, 0.3) is 0 Å². The highest BCUT2D eigenvalue weighted by atomic mass is 32.2. The van der Waals surface area contributed by atoms with Crippen molar-refractivity contribution in [3.8, 4) is 6.19 Å². The summed E-state index contributed by atoms with van der Waals surface area (Å²) >= 11 is 2.44. The molecule has 0 saturated heterocycles. The Morgan fingerprint density at radius 1 is 1.31 bits per heavy atom. The van der Waals surface area contributed by atoms with Crippen LogP contribution in [0.2, 0.25) is 0 Å². The lowest BCUT2D eigenvalue weighted by atomic mass is 10.2. The van der Waals surface area contributed by atoms with E-state index in [-0.39, 0.29) is 10.1 Å². The van der Waals surface area contributed by atoms with E-state index >= 15 is 0 Å². The largest absolute Gasteiger partial charge is 0.271 e. The van der Waals surface area contributed by atoms with Gasteiger partial charge in [0.2, 0.25) is 14.2 Å². The van der Waals surface area contributed by atoms with Crippen LogP contribution in [0.1, 0.15) is 5.56 Å². The van der Waals surface area contributed by atoms with Gasteiger partial charge in [0, 0.05) is 0 Å². The number of fused-ring (bicyclic) bond motifs is 1. The van der Waals surface area contributed by atoms with E-state index in [4.69, 9.17) is 5.26 Å². The topological polar surface area (TPSA) is 95.2 Å². The number of nitrogens with one attached hydrogen (secondary N) is 1. The van der Waals surface area contributed by atoms with Crippen molar-refractivity contribution in [3.05, 3.63) is 54.1 Å². The van der Waals surface area contributed by atoms with Gasteiger partial charge in [-0.25, -0.2) is 18.4 Å². The number of aromatic nitrogens is 1. The molecule has 6 nitrogen and oxygen atoms in total. The van der Waals surface area contributed by atoms with Crippen molar-refractivity contribution in [2.45, 2.75) is 10.1 Å². The van der Waals surface area contributed by atoms with Crippen molar-refractivity contribution in [1.29, 1.82) is 5.26 Å². The Bertz CT molecular complexity index is 1100. The highest BCUT2D eigenvalue weighted by Crippen LogP contribution is 2.30. The van der Waals surface area contributed by atoms with Gasteiger partial charge in [0.05, 0.1) is 21.7 Å². The third-order valence-corrected chi connectivity index (χ3v) is 7.15. The fraction of sp³-hybridized carbons (Fsp3) is 0.118. The minimum absolute atomic E-state index is 0.0820. The monoisotopic (exact) mass is 402 g/mol. The Kier molecular flexibility index (Phi) is 5.56. The van der Waals surface area contributed by atoms with E-state index < -0.39 is 9.84 Å². The van der Waals surface area contributed by atoms with Crippen LogP contribution in [0.25, 0.3) is 10.2 Å². The SMILES string of the molecule is CSC(=Nc1ccc2nc(S(=O)(=O)Cc3ccccc3)sc2c1)NC#N. The number of thioether (sulfide) groups is 1. The molecular weight excluding hydrogens is 388 g/mol. The zero-order valence-electron chi connectivity index (χ0n) is 13.7. The van der Waals surface area contributed by atoms with Crippen molar-refractivity contribution in [2.24, 2.45) is 4.99 Å². The minimum Gasteiger partial charge on any atom is -0.271 e. The van der Waals surface area contributed by atoms with E-state index in [9.17, 15) is 8.42 Å². The van der Waals surface area contributed by atoms with Gasteiger partial charge in [-0.05, 0) is 30.0 Å². The number of hydrogen-bond acceptors (Lipinski definition) is 7. The molecule has 26 heavy (non-hydrogen) atoms. The molecule has 0 saturated carbocycles. The summed E-state index contributed by atoms with van der Waals surface area (Å²) in [4.78, 5) is 8.60. The third kappa shape index (κ3) is 4.22. The number of rotatable bonds is 4. The first-order chi connectivity index (χ1) is 12.5. The fourth-order valence-electron chi connectivity index (χ4n) is 2.24. The molecule has 9 heteroatoms. The third-order valence-electron chi connectivity index (χ3n) is 3.40. The van der Waals surface area contributed by atoms with Crippen LogP contribution in [0.3, 0.4) is 0 Å². The number of thiazole rings is 1. The van der Waals surface area contributed by atoms with Crippen molar-refractivity contribution in [1.82, 2.24) is 10.3 Å². The molecule has 1 aromatic heterocycles. The summed E-state index contributed by atoms with van der Waals surface area (Å²) in [6, 6.07) is 14.3. The quantitative estimate of drug-likeness (QED) is 0.309. The molecule has 0 spiro atoms. The summed E-state index contributed by atoms with van der Waals surface area (Å²) < 4.78 is 26.1. The number of aliphatic imine (C=N–C) groups is 1. The van der Waals surface area contributed by atoms with Gasteiger partial charge in [-0.15, -0.1) is 11.3 Å². The van der Waals surface area contributed by atoms with Crippen molar-refractivity contribution in [3.63, 3.8) is 0 Å². The average Bonchev–Trinajstić information content (AvgIpc) is 3.06. The minimum atomic E-state index is -3.51. The first kappa shape index (κ1) is 18.4. The van der Waals surface area contributed by atoms with E-state index in [1.807, 2.05) is 30.6 Å². The van der Waals surface area contributed by atoms with Gasteiger partial charge >= 0.3 is 0 Å². The second-order valence-electron chi connectivity index (χ2n) is 5.23. The molecule has 2 aromatic carbocycles. The molecule has 0 aliphatic heterocycles. The smallest absolute Gasteiger partial charge is 0.210 e. The lowest BCUT2D eigenvalue weighted by Gasteiger charge is -2.00. The Hall–Kier alpha value is -2.41. The highest BCUT2D eigenvalue weighted by molar-refractivity contribution is 8.13. The zero-order valence-corrected chi connectivity index (χ0v) is 16.2. The Balaban J connectivity index is 1.93. The Morgan fingerprint density at radius 2 is 2.08 bits per heavy atom. The maximum Gasteiger partial charge on any atom is 0.210 e. The van der Waals surface area contributed by atoms with Crippen LogP contribution < -0.4 is 5.32 Å². The maximum absolute atomic E-state index is 12.6. The number of benzene rings is 2. The van der Waals surface area contributed by atoms with Gasteiger partial charge in [0.15, 0.2) is 11.4 Å². The molecule has 1 heterocycles. The van der Waals surface area contributed by atoms with Crippen LogP contribution in [0.15, 0.2) is 57.9 Å². The van der Waals surface area contributed by atoms with Crippen LogP contribution in [-0.2, 0) is 15.6 Å². The summed E-state index contributed by atoms with van der Waals surface area (Å²) in [5, 5.41) is 11.7. The molecule has 132 valence electrons. The summed E-state index contributed by atoms with van der Waals surface area (Å²) in [6.45, 7) is 0. The molecule has 3 rings (SSSR count). The molecule has 0 atom stereocenters. The van der Waals surface area contributed by atoms with Gasteiger partial charge in [-0.1, -0.05) is 42.1 Å². The van der Waals surface area contributed by atoms with Crippen molar-refractivity contribution < 1.29 is 8.42 Å². The molecule has 0 radical (unpaired) electrons. The second kappa shape index (κ2) is 7.86. The standard InChI is InChI=1S/C17H14N4O2S3/c1-24-16(19-11-18)20-13-7-8-14-15(9-13)25-17(21-14)26(22,23)10-12-5-3-2-4-6-12/h2-9H,10H2,1H3,(H,19,20). The van der Waals surface area contributed by atoms with Crippen molar-refractivity contribution >= 4 is 54.0 Å². The van der Waals surface area contributed by atoms with E-state index in [1.165, 1.54) is 11.8 Å². The van der Waals surface area contributed by atoms with E-state index in [2.05, 4.69) is 15.3 Å². The lowest BCUT2D eigenvalue weighted by molar-refractivity contribution is 0.594. The molecule has 1 N–H and O–H groups in total. The number of nitrogens with zero attached hydrogens (tertiary/aromatic N) is 3. The van der Waals surface area contributed by atoms with E-state index in [0.29, 0.717) is 16.4 Å². The van der Waals surface area contributed by atoms with Gasteiger partial charge in [-0.2, -0.15) is 5.26 Å². The second-order valence-corrected chi connectivity index (χ2v) is 9.22. The molecule has 0 unspecified atom stereocenters. The number of amidine groups is 1. The fourth-order valence-corrected chi connectivity index (χ4v) is 5.26. The van der Waals surface area contributed by atoms with Crippen LogP contribution in [0.5, 0.6) is 0 Å². The predicted octanol–water partition coefficient (Wildman–Crippen LogP) is 3.69.